The van der Waals surface area contributed by atoms with Crippen molar-refractivity contribution in [3.8, 4) is 0 Å². The van der Waals surface area contributed by atoms with E-state index < -0.39 is 0 Å². The number of hydrogen-bond acceptors (Lipinski definition) is 2. The van der Waals surface area contributed by atoms with Crippen LogP contribution in [0.4, 0.5) is 5.69 Å². The van der Waals surface area contributed by atoms with Gasteiger partial charge in [0.05, 0.1) is 19.0 Å². The Labute approximate surface area is 137 Å². The summed E-state index contributed by atoms with van der Waals surface area (Å²) in [6, 6.07) is 9.27. The van der Waals surface area contributed by atoms with Gasteiger partial charge in [-0.25, -0.2) is 0 Å². The van der Waals surface area contributed by atoms with Gasteiger partial charge < -0.3 is 9.80 Å². The first kappa shape index (κ1) is 13.6. The van der Waals surface area contributed by atoms with E-state index in [0.717, 1.165) is 35.7 Å². The van der Waals surface area contributed by atoms with E-state index >= 15 is 0 Å². The number of carbonyl (C=O) groups is 1. The minimum Gasteiger partial charge on any atom is -0.357 e. The van der Waals surface area contributed by atoms with Crippen LogP contribution >= 0.6 is 0 Å². The van der Waals surface area contributed by atoms with Gasteiger partial charge in [0.1, 0.15) is 18.9 Å². The summed E-state index contributed by atoms with van der Waals surface area (Å²) in [6.45, 7) is 4.42. The van der Waals surface area contributed by atoms with Crippen LogP contribution in [0.3, 0.4) is 0 Å². The zero-order chi connectivity index (χ0) is 15.8. The third-order valence-electron chi connectivity index (χ3n) is 7.06. The second kappa shape index (κ2) is 4.15. The van der Waals surface area contributed by atoms with Crippen LogP contribution in [0.15, 0.2) is 47.2 Å². The van der Waals surface area contributed by atoms with Crippen LogP contribution in [-0.4, -0.2) is 36.9 Å². The highest BCUT2D eigenvalue weighted by molar-refractivity contribution is 5.84. The number of allylic oxidation sites excluding steroid dienone is 2. The lowest BCUT2D eigenvalue weighted by Crippen LogP contribution is -2.61. The third kappa shape index (κ3) is 1.38. The molecular formula is C20H23N2O+. The topological polar surface area (TPSA) is 29.1 Å². The lowest BCUT2D eigenvalue weighted by atomic mass is 9.61. The average Bonchev–Trinajstić information content (AvgIpc) is 3.08. The summed E-state index contributed by atoms with van der Waals surface area (Å²) >= 11 is 0. The van der Waals surface area contributed by atoms with E-state index in [2.05, 4.69) is 49.6 Å². The van der Waals surface area contributed by atoms with E-state index in [1.807, 2.05) is 0 Å². The maximum absolute atomic E-state index is 12.0. The Morgan fingerprint density at radius 2 is 2.17 bits per heavy atom. The summed E-state index contributed by atoms with van der Waals surface area (Å²) in [4.78, 5) is 12.0. The Bertz CT molecular complexity index is 793. The van der Waals surface area contributed by atoms with E-state index in [0.29, 0.717) is 12.0 Å². The SMILES string of the molecule is C/C=C1/C[N+]2(C)CC[C@@]34C(=C(C=O)[C@H]1C[C@@H]32)Nc1ccccc14. The standard InChI is InChI=1S/C20H22N2O/c1-3-13-11-22(2)9-8-20-16-6-4-5-7-17(16)21-19(20)15(12-23)14(13)10-18(20)22/h3-7,12,14,18H,8-11H2,1-2H3/p+1/b13-3-/t14-,18-,20-,22?/m0/s1. The lowest BCUT2D eigenvalue weighted by Gasteiger charge is -2.51. The Kier molecular flexibility index (Phi) is 2.45. The molecule has 1 spiro atoms. The van der Waals surface area contributed by atoms with E-state index in [9.17, 15) is 4.79 Å². The molecule has 0 aromatic heterocycles. The zero-order valence-electron chi connectivity index (χ0n) is 13.8. The fourth-order valence-corrected chi connectivity index (χ4v) is 6.07. The molecule has 0 amide bonds. The first-order valence-corrected chi connectivity index (χ1v) is 8.70. The number of fused-ring (bicyclic) bond motifs is 2. The molecule has 4 aliphatic rings. The van der Waals surface area contributed by atoms with Gasteiger partial charge in [0, 0.05) is 35.7 Å². The van der Waals surface area contributed by atoms with Crippen LogP contribution in [0.2, 0.25) is 0 Å². The molecule has 1 unspecified atom stereocenters. The molecule has 0 radical (unpaired) electrons. The van der Waals surface area contributed by atoms with Crippen LogP contribution in [0.5, 0.6) is 0 Å². The van der Waals surface area contributed by atoms with E-state index in [1.165, 1.54) is 29.1 Å². The van der Waals surface area contributed by atoms with E-state index in [-0.39, 0.29) is 5.41 Å². The van der Waals surface area contributed by atoms with Gasteiger partial charge in [0.2, 0.25) is 0 Å². The highest BCUT2D eigenvalue weighted by Crippen LogP contribution is 2.62. The van der Waals surface area contributed by atoms with Crippen LogP contribution in [0, 0.1) is 5.92 Å². The van der Waals surface area contributed by atoms with Gasteiger partial charge in [-0.1, -0.05) is 24.3 Å². The minimum atomic E-state index is 0.0390. The molecule has 3 nitrogen and oxygen atoms in total. The van der Waals surface area contributed by atoms with Gasteiger partial charge in [-0.05, 0) is 24.1 Å². The van der Waals surface area contributed by atoms with Crippen molar-refractivity contribution in [2.24, 2.45) is 5.92 Å². The molecule has 5 rings (SSSR count). The molecule has 1 aromatic carbocycles. The maximum Gasteiger partial charge on any atom is 0.148 e. The molecule has 118 valence electrons. The summed E-state index contributed by atoms with van der Waals surface area (Å²) in [7, 11) is 2.42. The number of aldehydes is 1. The predicted molar refractivity (Wildman–Crippen MR) is 91.0 cm³/mol. The van der Waals surface area contributed by atoms with Crippen LogP contribution in [-0.2, 0) is 10.2 Å². The number of benzene rings is 1. The number of quaternary nitrogens is 1. The van der Waals surface area contributed by atoms with Crippen molar-refractivity contribution >= 4 is 12.0 Å². The molecular weight excluding hydrogens is 284 g/mol. The molecule has 1 aliphatic carbocycles. The summed E-state index contributed by atoms with van der Waals surface area (Å²) in [6.07, 6.45) is 5.65. The average molecular weight is 307 g/mol. The van der Waals surface area contributed by atoms with Crippen molar-refractivity contribution in [1.29, 1.82) is 0 Å². The fourth-order valence-electron chi connectivity index (χ4n) is 6.07. The number of para-hydroxylation sites is 1. The summed E-state index contributed by atoms with van der Waals surface area (Å²) < 4.78 is 1.13. The molecule has 4 atom stereocenters. The van der Waals surface area contributed by atoms with Crippen molar-refractivity contribution in [2.75, 3.05) is 25.5 Å². The van der Waals surface area contributed by atoms with Gasteiger partial charge in [0.25, 0.3) is 0 Å². The first-order valence-electron chi connectivity index (χ1n) is 8.70. The van der Waals surface area contributed by atoms with Crippen LogP contribution in [0.25, 0.3) is 0 Å². The lowest BCUT2D eigenvalue weighted by molar-refractivity contribution is -0.923. The largest absolute Gasteiger partial charge is 0.357 e. The normalized spacial score (nSPS) is 41.6. The molecule has 23 heavy (non-hydrogen) atoms. The maximum atomic E-state index is 12.0. The molecule has 1 aromatic rings. The Morgan fingerprint density at radius 3 is 2.96 bits per heavy atom. The molecule has 2 bridgehead atoms. The number of nitrogens with one attached hydrogen (secondary N) is 1. The van der Waals surface area contributed by atoms with Crippen molar-refractivity contribution in [1.82, 2.24) is 0 Å². The molecule has 3 heteroatoms. The monoisotopic (exact) mass is 307 g/mol. The smallest absolute Gasteiger partial charge is 0.148 e. The second-order valence-electron chi connectivity index (χ2n) is 7.87. The van der Waals surface area contributed by atoms with Gasteiger partial charge in [-0.3, -0.25) is 4.79 Å². The van der Waals surface area contributed by atoms with Crippen molar-refractivity contribution < 1.29 is 9.28 Å². The highest BCUT2D eigenvalue weighted by Gasteiger charge is 2.67. The second-order valence-corrected chi connectivity index (χ2v) is 7.87. The van der Waals surface area contributed by atoms with Crippen molar-refractivity contribution in [3.63, 3.8) is 0 Å². The van der Waals surface area contributed by atoms with Crippen LogP contribution < -0.4 is 5.32 Å². The Balaban J connectivity index is 1.85. The molecule has 1 N–H and O–H groups in total. The third-order valence-corrected chi connectivity index (χ3v) is 7.06. The van der Waals surface area contributed by atoms with Crippen LogP contribution in [0.1, 0.15) is 25.3 Å². The minimum absolute atomic E-state index is 0.0390. The Hall–Kier alpha value is -1.87. The number of anilines is 1. The van der Waals surface area contributed by atoms with Gasteiger partial charge >= 0.3 is 0 Å². The molecule has 3 heterocycles. The number of carbonyl (C=O) groups excluding carboxylic acids is 1. The van der Waals surface area contributed by atoms with Gasteiger partial charge in [-0.2, -0.15) is 0 Å². The first-order chi connectivity index (χ1) is 11.1. The summed E-state index contributed by atoms with van der Waals surface area (Å²) in [5.74, 6) is 0.316. The quantitative estimate of drug-likeness (QED) is 0.491. The van der Waals surface area contributed by atoms with Gasteiger partial charge in [0.15, 0.2) is 0 Å². The molecule has 2 saturated heterocycles. The number of nitrogens with zero attached hydrogens (tertiary/aromatic N) is 1. The molecule has 2 fully saturated rings. The predicted octanol–water partition coefficient (Wildman–Crippen LogP) is 3.00. The van der Waals surface area contributed by atoms with Gasteiger partial charge in [-0.15, -0.1) is 0 Å². The van der Waals surface area contributed by atoms with Crippen molar-refractivity contribution in [3.05, 3.63) is 52.7 Å². The van der Waals surface area contributed by atoms with Crippen molar-refractivity contribution in [2.45, 2.75) is 31.2 Å². The molecule has 0 saturated carbocycles. The highest BCUT2D eigenvalue weighted by atomic mass is 16.1. The van der Waals surface area contributed by atoms with E-state index in [1.54, 1.807) is 0 Å². The number of likely N-dealkylation sites (N-methyl/N-ethyl adjacent to an activating group) is 1. The fraction of sp³-hybridized carbons (Fsp3) is 0.450. The summed E-state index contributed by atoms with van der Waals surface area (Å²) in [5.41, 5.74) is 6.35. The Morgan fingerprint density at radius 1 is 1.35 bits per heavy atom. The molecule has 3 aliphatic heterocycles. The zero-order valence-corrected chi connectivity index (χ0v) is 13.8. The number of hydrogen-bond donors (Lipinski definition) is 1. The number of piperidine rings is 1. The summed E-state index contributed by atoms with van der Waals surface area (Å²) in [5, 5.41) is 3.66. The number of rotatable bonds is 1. The van der Waals surface area contributed by atoms with E-state index in [4.69, 9.17) is 0 Å².